The molecule has 0 bridgehead atoms. The smallest absolute Gasteiger partial charge is 0.255 e. The number of rotatable bonds is 13. The Hall–Kier alpha value is -4.75. The average molecular weight is 838 g/mol. The van der Waals surface area contributed by atoms with Crippen molar-refractivity contribution in [2.24, 2.45) is 0 Å². The fourth-order valence-corrected chi connectivity index (χ4v) is 9.31. The molecule has 2 N–H and O–H groups in total. The first-order valence-corrected chi connectivity index (χ1v) is 20.9. The van der Waals surface area contributed by atoms with E-state index in [9.17, 15) is 19.5 Å². The van der Waals surface area contributed by atoms with Gasteiger partial charge in [-0.3, -0.25) is 24.6 Å². The second-order valence-corrected chi connectivity index (χ2v) is 16.9. The Morgan fingerprint density at radius 3 is 2.45 bits per heavy atom. The first-order chi connectivity index (χ1) is 27.2. The number of carbonyl (C=O) groups is 3. The number of benzene rings is 4. The van der Waals surface area contributed by atoms with Gasteiger partial charge in [0.05, 0.1) is 4.88 Å². The molecule has 0 saturated carbocycles. The fraction of sp³-hybridized carbons (Fsp3) is 0.341. The number of hydrogen-bond donors (Lipinski definition) is 2. The van der Waals surface area contributed by atoms with Gasteiger partial charge >= 0.3 is 0 Å². The van der Waals surface area contributed by atoms with Gasteiger partial charge in [0.1, 0.15) is 29.9 Å². The number of nitrogens with zero attached hydrogens (tertiary/aromatic N) is 3. The molecule has 0 aliphatic carbocycles. The Balaban J connectivity index is 0.766. The summed E-state index contributed by atoms with van der Waals surface area (Å²) in [5, 5.41) is 13.4. The van der Waals surface area contributed by atoms with Crippen LogP contribution in [-0.2, 0) is 22.6 Å². The molecule has 4 aromatic carbocycles. The molecule has 2 atom stereocenters. The molecule has 0 spiro atoms. The maximum atomic E-state index is 13.0. The van der Waals surface area contributed by atoms with Crippen molar-refractivity contribution in [1.82, 2.24) is 20.0 Å². The number of aryl methyl sites for hydroxylation is 1. The van der Waals surface area contributed by atoms with Gasteiger partial charge in [-0.05, 0) is 117 Å². The average Bonchev–Trinajstić information content (AvgIpc) is 3.72. The van der Waals surface area contributed by atoms with Crippen LogP contribution < -0.4 is 14.8 Å². The molecule has 1 aromatic heterocycles. The van der Waals surface area contributed by atoms with E-state index in [1.54, 1.807) is 28.4 Å². The molecule has 3 aliphatic heterocycles. The van der Waals surface area contributed by atoms with Crippen LogP contribution in [0.1, 0.15) is 54.1 Å². The van der Waals surface area contributed by atoms with Crippen molar-refractivity contribution in [3.63, 3.8) is 0 Å². The largest absolute Gasteiger partial charge is 0.508 e. The van der Waals surface area contributed by atoms with Crippen LogP contribution in [0.2, 0.25) is 0 Å². The Morgan fingerprint density at radius 1 is 0.911 bits per heavy atom. The van der Waals surface area contributed by atoms with Crippen LogP contribution in [0, 0.1) is 0 Å². The van der Waals surface area contributed by atoms with E-state index in [-0.39, 0.29) is 35.9 Å². The number of hydrogen-bond acceptors (Lipinski definition) is 9. The molecule has 56 heavy (non-hydrogen) atoms. The number of phenols is 1. The van der Waals surface area contributed by atoms with Crippen LogP contribution in [0.4, 0.5) is 0 Å². The number of aromatic hydroxyl groups is 1. The summed E-state index contributed by atoms with van der Waals surface area (Å²) in [6, 6.07) is 27.1. The van der Waals surface area contributed by atoms with Crippen LogP contribution in [0.3, 0.4) is 0 Å². The molecule has 4 heterocycles. The number of ether oxygens (including phenoxy) is 2. The summed E-state index contributed by atoms with van der Waals surface area (Å²) in [5.41, 5.74) is 3.90. The number of imide groups is 1. The van der Waals surface area contributed by atoms with Gasteiger partial charge in [0.2, 0.25) is 11.8 Å². The van der Waals surface area contributed by atoms with E-state index in [1.807, 2.05) is 54.6 Å². The van der Waals surface area contributed by atoms with Crippen molar-refractivity contribution in [2.75, 3.05) is 39.3 Å². The van der Waals surface area contributed by atoms with E-state index in [4.69, 9.17) is 9.47 Å². The van der Waals surface area contributed by atoms with E-state index in [2.05, 4.69) is 56.2 Å². The molecule has 8 rings (SSSR count). The predicted molar refractivity (Wildman–Crippen MR) is 222 cm³/mol. The van der Waals surface area contributed by atoms with E-state index in [1.165, 1.54) is 5.56 Å². The molecular formula is C44H45BrN4O6S. The summed E-state index contributed by atoms with van der Waals surface area (Å²) in [5.74, 6) is 1.75. The molecular weight excluding hydrogens is 792 g/mol. The Labute approximate surface area is 339 Å². The molecule has 2 fully saturated rings. The summed E-state index contributed by atoms with van der Waals surface area (Å²) in [4.78, 5) is 44.6. The number of halogens is 1. The number of thiophene rings is 1. The summed E-state index contributed by atoms with van der Waals surface area (Å²) in [7, 11) is 0. The lowest BCUT2D eigenvalue weighted by atomic mass is 10.0. The van der Waals surface area contributed by atoms with Crippen LogP contribution in [-0.4, -0.2) is 88.9 Å². The van der Waals surface area contributed by atoms with Gasteiger partial charge in [-0.2, -0.15) is 0 Å². The highest BCUT2D eigenvalue weighted by Gasteiger charge is 2.39. The molecule has 2 unspecified atom stereocenters. The topological polar surface area (TPSA) is 112 Å². The monoisotopic (exact) mass is 836 g/mol. The number of piperidine rings is 1. The molecule has 10 nitrogen and oxygen atoms in total. The molecule has 290 valence electrons. The molecule has 12 heteroatoms. The zero-order chi connectivity index (χ0) is 38.8. The van der Waals surface area contributed by atoms with Gasteiger partial charge in [-0.1, -0.05) is 40.2 Å². The van der Waals surface area contributed by atoms with Crippen LogP contribution in [0.5, 0.6) is 23.0 Å². The predicted octanol–water partition coefficient (Wildman–Crippen LogP) is 8.00. The number of piperazine rings is 1. The molecule has 0 radical (unpaired) electrons. The summed E-state index contributed by atoms with van der Waals surface area (Å²) in [6.07, 6.45) is 3.76. The van der Waals surface area contributed by atoms with Gasteiger partial charge in [0.15, 0.2) is 5.75 Å². The van der Waals surface area contributed by atoms with Gasteiger partial charge < -0.3 is 24.4 Å². The van der Waals surface area contributed by atoms with Crippen LogP contribution in [0.15, 0.2) is 89.4 Å². The maximum absolute atomic E-state index is 13.0. The normalized spacial score (nSPS) is 18.3. The molecule has 2 saturated heterocycles. The third-order valence-electron chi connectivity index (χ3n) is 11.1. The minimum atomic E-state index is -0.582. The number of amides is 3. The second-order valence-electron chi connectivity index (χ2n) is 14.9. The first-order valence-electron chi connectivity index (χ1n) is 19.3. The third kappa shape index (κ3) is 8.48. The second kappa shape index (κ2) is 16.8. The van der Waals surface area contributed by atoms with Crippen LogP contribution >= 0.6 is 27.3 Å². The van der Waals surface area contributed by atoms with Crippen molar-refractivity contribution in [2.45, 2.75) is 57.7 Å². The summed E-state index contributed by atoms with van der Waals surface area (Å²) < 4.78 is 14.7. The highest BCUT2D eigenvalue weighted by atomic mass is 79.9. The standard InChI is InChI=1S/C44H45BrN4O6S/c1-28(27-54-34-11-13-35(14-12-34)55-41-37-16-10-33(50)25-39(37)56-42(41)30-6-8-32(45)9-7-30)48-22-20-47(21-23-48)19-3-2-4-29-5-15-36-31(24-29)26-49(44(36)53)38-17-18-40(51)46-43(38)52/h5-16,24-25,28,38,50H,2-4,17-23,26-27H2,1H3,(H,46,51,52). The lowest BCUT2D eigenvalue weighted by Crippen LogP contribution is -2.52. The van der Waals surface area contributed by atoms with Crippen molar-refractivity contribution in [1.29, 1.82) is 0 Å². The summed E-state index contributed by atoms with van der Waals surface area (Å²) in [6.45, 7) is 8.39. The lowest BCUT2D eigenvalue weighted by Gasteiger charge is -2.38. The van der Waals surface area contributed by atoms with Crippen molar-refractivity contribution < 1.29 is 29.0 Å². The van der Waals surface area contributed by atoms with Crippen molar-refractivity contribution >= 4 is 55.1 Å². The Morgan fingerprint density at radius 2 is 1.68 bits per heavy atom. The number of nitrogens with one attached hydrogen (secondary N) is 1. The van der Waals surface area contributed by atoms with Crippen molar-refractivity contribution in [3.05, 3.63) is 106 Å². The van der Waals surface area contributed by atoms with E-state index in [0.717, 1.165) is 99.8 Å². The quantitative estimate of drug-likeness (QED) is 0.0908. The van der Waals surface area contributed by atoms with E-state index >= 15 is 0 Å². The zero-order valence-corrected chi connectivity index (χ0v) is 33.7. The number of carbonyl (C=O) groups excluding carboxylic acids is 3. The lowest BCUT2D eigenvalue weighted by molar-refractivity contribution is -0.136. The maximum Gasteiger partial charge on any atom is 0.255 e. The Kier molecular flexibility index (Phi) is 11.4. The number of phenolic OH excluding ortho intramolecular Hbond substituents is 1. The van der Waals surface area contributed by atoms with Crippen molar-refractivity contribution in [3.8, 4) is 33.4 Å². The fourth-order valence-electron chi connectivity index (χ4n) is 7.87. The van der Waals surface area contributed by atoms with E-state index < -0.39 is 6.04 Å². The summed E-state index contributed by atoms with van der Waals surface area (Å²) >= 11 is 5.12. The SMILES string of the molecule is CC(COc1ccc(Oc2c(-c3ccc(Br)cc3)sc3cc(O)ccc23)cc1)N1CCN(CCCCc2ccc3c(c2)CN(C2CCC(=O)NC2=O)C3=O)CC1. The highest BCUT2D eigenvalue weighted by Crippen LogP contribution is 2.47. The van der Waals surface area contributed by atoms with E-state index in [0.29, 0.717) is 25.1 Å². The Bertz CT molecular complexity index is 2240. The van der Waals surface area contributed by atoms with Gasteiger partial charge in [-0.25, -0.2) is 0 Å². The molecule has 5 aromatic rings. The minimum absolute atomic E-state index is 0.125. The zero-order valence-electron chi connectivity index (χ0n) is 31.3. The molecule has 3 amide bonds. The highest BCUT2D eigenvalue weighted by molar-refractivity contribution is 9.10. The van der Waals surface area contributed by atoms with Gasteiger partial charge in [0.25, 0.3) is 5.91 Å². The van der Waals surface area contributed by atoms with Gasteiger partial charge in [0, 0.05) is 65.3 Å². The number of unbranched alkanes of at least 4 members (excludes halogenated alkanes) is 1. The van der Waals surface area contributed by atoms with Crippen LogP contribution in [0.25, 0.3) is 20.5 Å². The first kappa shape index (κ1) is 38.1. The minimum Gasteiger partial charge on any atom is -0.508 e. The van der Waals surface area contributed by atoms with Gasteiger partial charge in [-0.15, -0.1) is 11.3 Å². The third-order valence-corrected chi connectivity index (χ3v) is 12.8. The molecule has 3 aliphatic rings. The number of fused-ring (bicyclic) bond motifs is 2.